The highest BCUT2D eigenvalue weighted by molar-refractivity contribution is 7.80. The summed E-state index contributed by atoms with van der Waals surface area (Å²) in [6.07, 6.45) is 5.02. The van der Waals surface area contributed by atoms with Gasteiger partial charge in [-0.3, -0.25) is 0 Å². The van der Waals surface area contributed by atoms with Crippen LogP contribution in [0.4, 0.5) is 0 Å². The fourth-order valence-corrected chi connectivity index (χ4v) is 1.14. The van der Waals surface area contributed by atoms with Gasteiger partial charge in [0.15, 0.2) is 0 Å². The Kier molecular flexibility index (Phi) is 2.01. The second-order valence-electron chi connectivity index (χ2n) is 2.72. The Hall–Kier alpha value is -1.76. The maximum Gasteiger partial charge on any atom is 0.231 e. The van der Waals surface area contributed by atoms with Gasteiger partial charge >= 0.3 is 0 Å². The van der Waals surface area contributed by atoms with Gasteiger partial charge in [-0.25, -0.2) is 9.97 Å². The lowest BCUT2D eigenvalue weighted by atomic mass is 10.6. The van der Waals surface area contributed by atoms with Gasteiger partial charge in [0.2, 0.25) is 11.8 Å². The Morgan fingerprint density at radius 3 is 2.79 bits per heavy atom. The predicted molar refractivity (Wildman–Crippen MR) is 54.0 cm³/mol. The first-order valence-electron chi connectivity index (χ1n) is 3.87. The van der Waals surface area contributed by atoms with E-state index < -0.39 is 0 Å². The molecule has 0 aliphatic heterocycles. The zero-order chi connectivity index (χ0) is 10.1. The molecule has 0 aliphatic carbocycles. The average molecular weight is 208 g/mol. The summed E-state index contributed by atoms with van der Waals surface area (Å²) >= 11 is 4.75. The minimum atomic E-state index is 0.179. The molecule has 0 fully saturated rings. The van der Waals surface area contributed by atoms with E-state index in [0.29, 0.717) is 11.8 Å². The van der Waals surface area contributed by atoms with Gasteiger partial charge in [0.1, 0.15) is 11.3 Å². The van der Waals surface area contributed by atoms with Crippen molar-refractivity contribution in [3.8, 4) is 5.95 Å². The molecule has 2 aromatic rings. The number of nitrogens with two attached hydrogens (primary N) is 1. The summed E-state index contributed by atoms with van der Waals surface area (Å²) in [7, 11) is 1.87. The minimum Gasteiger partial charge on any atom is -0.387 e. The maximum atomic E-state index is 5.38. The highest BCUT2D eigenvalue weighted by Gasteiger charge is 2.07. The molecule has 0 saturated carbocycles. The molecule has 2 N–H and O–H groups in total. The van der Waals surface area contributed by atoms with Crippen LogP contribution in [0.1, 0.15) is 5.82 Å². The molecule has 0 atom stereocenters. The average Bonchev–Trinajstić information content (AvgIpc) is 2.71. The number of aromatic nitrogens is 5. The quantitative estimate of drug-likeness (QED) is 0.682. The van der Waals surface area contributed by atoms with Crippen LogP contribution in [0.25, 0.3) is 5.95 Å². The van der Waals surface area contributed by atoms with E-state index in [0.717, 1.165) is 0 Å². The first-order chi connectivity index (χ1) is 6.68. The van der Waals surface area contributed by atoms with Crippen molar-refractivity contribution >= 4 is 17.2 Å². The first-order valence-corrected chi connectivity index (χ1v) is 4.28. The Morgan fingerprint density at radius 2 is 2.29 bits per heavy atom. The number of hydrogen-bond donors (Lipinski definition) is 1. The van der Waals surface area contributed by atoms with Crippen molar-refractivity contribution in [2.45, 2.75) is 0 Å². The molecule has 2 heterocycles. The molecule has 2 rings (SSSR count). The molecule has 0 amide bonds. The SMILES string of the molecule is Cn1ccnc1-n1cnc(C(N)=S)n1. The molecule has 0 bridgehead atoms. The third-order valence-corrected chi connectivity index (χ3v) is 1.90. The Bertz CT molecular complexity index is 470. The summed E-state index contributed by atoms with van der Waals surface area (Å²) in [4.78, 5) is 8.22. The van der Waals surface area contributed by atoms with E-state index in [-0.39, 0.29) is 4.99 Å². The van der Waals surface area contributed by atoms with Crippen molar-refractivity contribution in [1.29, 1.82) is 0 Å². The van der Waals surface area contributed by atoms with Gasteiger partial charge in [-0.1, -0.05) is 12.2 Å². The van der Waals surface area contributed by atoms with Crippen LogP contribution < -0.4 is 5.73 Å². The van der Waals surface area contributed by atoms with E-state index in [1.807, 2.05) is 17.8 Å². The number of nitrogens with zero attached hydrogens (tertiary/aromatic N) is 5. The second-order valence-corrected chi connectivity index (χ2v) is 3.15. The highest BCUT2D eigenvalue weighted by Crippen LogP contribution is 2.01. The van der Waals surface area contributed by atoms with Crippen molar-refractivity contribution in [3.05, 3.63) is 24.5 Å². The standard InChI is InChI=1S/C7H8N6S/c1-12-3-2-9-7(12)13-4-10-6(11-13)5(8)14/h2-4H,1H3,(H2,8,14). The smallest absolute Gasteiger partial charge is 0.231 e. The van der Waals surface area contributed by atoms with E-state index in [1.165, 1.54) is 11.0 Å². The van der Waals surface area contributed by atoms with Gasteiger partial charge in [0.25, 0.3) is 0 Å². The van der Waals surface area contributed by atoms with Crippen LogP contribution in [-0.2, 0) is 7.05 Å². The first kappa shape index (κ1) is 8.82. The van der Waals surface area contributed by atoms with Gasteiger partial charge in [0.05, 0.1) is 0 Å². The van der Waals surface area contributed by atoms with E-state index in [2.05, 4.69) is 15.1 Å². The Balaban J connectivity index is 2.43. The maximum absolute atomic E-state index is 5.38. The van der Waals surface area contributed by atoms with Crippen LogP contribution in [0.5, 0.6) is 0 Å². The lowest BCUT2D eigenvalue weighted by molar-refractivity contribution is 0.747. The van der Waals surface area contributed by atoms with Gasteiger partial charge in [-0.05, 0) is 0 Å². The van der Waals surface area contributed by atoms with Crippen LogP contribution in [-0.4, -0.2) is 29.3 Å². The van der Waals surface area contributed by atoms with Crippen molar-refractivity contribution < 1.29 is 0 Å². The molecule has 0 spiro atoms. The van der Waals surface area contributed by atoms with Crippen molar-refractivity contribution in [2.24, 2.45) is 12.8 Å². The number of hydrogen-bond acceptors (Lipinski definition) is 4. The van der Waals surface area contributed by atoms with Crippen LogP contribution in [0.2, 0.25) is 0 Å². The topological polar surface area (TPSA) is 74.5 Å². The van der Waals surface area contributed by atoms with Gasteiger partial charge < -0.3 is 10.3 Å². The Morgan fingerprint density at radius 1 is 1.50 bits per heavy atom. The molecule has 7 heteroatoms. The lowest BCUT2D eigenvalue weighted by Crippen LogP contribution is -2.12. The summed E-state index contributed by atoms with van der Waals surface area (Å²) < 4.78 is 3.34. The third kappa shape index (κ3) is 1.37. The number of imidazole rings is 1. The summed E-state index contributed by atoms with van der Waals surface area (Å²) in [5.74, 6) is 1.02. The van der Waals surface area contributed by atoms with Gasteiger partial charge in [-0.2, -0.15) is 4.68 Å². The second kappa shape index (κ2) is 3.18. The lowest BCUT2D eigenvalue weighted by Gasteiger charge is -1.98. The highest BCUT2D eigenvalue weighted by atomic mass is 32.1. The molecular formula is C7H8N6S. The molecule has 0 saturated heterocycles. The van der Waals surface area contributed by atoms with Crippen molar-refractivity contribution in [1.82, 2.24) is 24.3 Å². The summed E-state index contributed by atoms with van der Waals surface area (Å²) in [6, 6.07) is 0. The molecule has 2 aromatic heterocycles. The normalized spacial score (nSPS) is 10.4. The monoisotopic (exact) mass is 208 g/mol. The third-order valence-electron chi connectivity index (χ3n) is 1.71. The van der Waals surface area contributed by atoms with Crippen molar-refractivity contribution in [3.63, 3.8) is 0 Å². The predicted octanol–water partition coefficient (Wildman–Crippen LogP) is -0.365. The fraction of sp³-hybridized carbons (Fsp3) is 0.143. The number of aryl methyl sites for hydroxylation is 1. The largest absolute Gasteiger partial charge is 0.387 e. The number of rotatable bonds is 2. The van der Waals surface area contributed by atoms with Gasteiger partial charge in [-0.15, -0.1) is 5.10 Å². The Labute approximate surface area is 85.4 Å². The van der Waals surface area contributed by atoms with E-state index in [1.54, 1.807) is 6.20 Å². The molecule has 6 nitrogen and oxygen atoms in total. The molecule has 0 aromatic carbocycles. The molecule has 0 unspecified atom stereocenters. The molecule has 72 valence electrons. The van der Waals surface area contributed by atoms with Crippen molar-refractivity contribution in [2.75, 3.05) is 0 Å². The van der Waals surface area contributed by atoms with Crippen LogP contribution in [0.3, 0.4) is 0 Å². The molecular weight excluding hydrogens is 200 g/mol. The molecule has 0 radical (unpaired) electrons. The molecule has 14 heavy (non-hydrogen) atoms. The van der Waals surface area contributed by atoms with Crippen LogP contribution in [0.15, 0.2) is 18.7 Å². The van der Waals surface area contributed by atoms with E-state index in [4.69, 9.17) is 18.0 Å². The van der Waals surface area contributed by atoms with Gasteiger partial charge in [0, 0.05) is 19.4 Å². The molecule has 0 aliphatic rings. The van der Waals surface area contributed by atoms with E-state index >= 15 is 0 Å². The zero-order valence-corrected chi connectivity index (χ0v) is 8.27. The summed E-state index contributed by atoms with van der Waals surface area (Å²) in [5.41, 5.74) is 5.38. The zero-order valence-electron chi connectivity index (χ0n) is 7.45. The van der Waals surface area contributed by atoms with E-state index in [9.17, 15) is 0 Å². The van der Waals surface area contributed by atoms with Crippen LogP contribution >= 0.6 is 12.2 Å². The minimum absolute atomic E-state index is 0.179. The summed E-state index contributed by atoms with van der Waals surface area (Å²) in [6.45, 7) is 0. The summed E-state index contributed by atoms with van der Waals surface area (Å²) in [5, 5.41) is 4.07. The number of thiocarbonyl (C=S) groups is 1. The fourth-order valence-electron chi connectivity index (χ4n) is 1.05. The van der Waals surface area contributed by atoms with Crippen LogP contribution in [0, 0.1) is 0 Å².